The van der Waals surface area contributed by atoms with E-state index in [1.165, 1.54) is 4.31 Å². The van der Waals surface area contributed by atoms with Crippen LogP contribution in [0.1, 0.15) is 12.8 Å². The fourth-order valence-corrected chi connectivity index (χ4v) is 3.24. The highest BCUT2D eigenvalue weighted by atomic mass is 32.2. The van der Waals surface area contributed by atoms with Crippen molar-refractivity contribution in [2.75, 3.05) is 18.8 Å². The summed E-state index contributed by atoms with van der Waals surface area (Å²) in [6.07, 6.45) is 0.765. The highest BCUT2D eigenvalue weighted by molar-refractivity contribution is 7.92. The molecule has 1 heterocycles. The molecule has 0 aromatic rings. The van der Waals surface area contributed by atoms with E-state index < -0.39 is 16.1 Å². The first-order chi connectivity index (χ1) is 6.42. The Labute approximate surface area is 88.9 Å². The molecule has 1 fully saturated rings. The summed E-state index contributed by atoms with van der Waals surface area (Å²) in [6.45, 7) is 0.604. The molecule has 0 aromatic carbocycles. The Hall–Kier alpha value is -0.240. The molecule has 3 N–H and O–H groups in total. The second kappa shape index (κ2) is 4.52. The molecule has 82 valence electrons. The molecule has 1 atom stereocenters. The largest absolute Gasteiger partial charge is 0.392 e. The molecule has 1 saturated heterocycles. The first-order valence-corrected chi connectivity index (χ1v) is 6.38. The van der Waals surface area contributed by atoms with E-state index in [1.54, 1.807) is 0 Å². The van der Waals surface area contributed by atoms with Gasteiger partial charge in [-0.1, -0.05) is 12.2 Å². The average Bonchev–Trinajstić information content (AvgIpc) is 2.01. The minimum atomic E-state index is -3.41. The summed E-state index contributed by atoms with van der Waals surface area (Å²) in [7, 11) is -3.41. The van der Waals surface area contributed by atoms with Gasteiger partial charge in [0.1, 0.15) is 5.75 Å². The van der Waals surface area contributed by atoms with Crippen LogP contribution in [0.2, 0.25) is 0 Å². The Morgan fingerprint density at radius 3 is 2.79 bits per heavy atom. The maximum absolute atomic E-state index is 11.6. The number of hydrogen-bond acceptors (Lipinski definition) is 4. The van der Waals surface area contributed by atoms with E-state index >= 15 is 0 Å². The van der Waals surface area contributed by atoms with Crippen LogP contribution in [0.15, 0.2) is 0 Å². The van der Waals surface area contributed by atoms with Gasteiger partial charge in [-0.25, -0.2) is 8.42 Å². The molecule has 0 bridgehead atoms. The van der Waals surface area contributed by atoms with Crippen LogP contribution in [0, 0.1) is 0 Å². The Bertz CT molecular complexity index is 315. The molecule has 5 nitrogen and oxygen atoms in total. The summed E-state index contributed by atoms with van der Waals surface area (Å²) in [5.41, 5.74) is 5.18. The highest BCUT2D eigenvalue weighted by Gasteiger charge is 2.28. The van der Waals surface area contributed by atoms with Gasteiger partial charge in [-0.15, -0.1) is 0 Å². The van der Waals surface area contributed by atoms with Crippen LogP contribution < -0.4 is 5.73 Å². The summed E-state index contributed by atoms with van der Waals surface area (Å²) >= 11 is 4.55. The monoisotopic (exact) mass is 238 g/mol. The van der Waals surface area contributed by atoms with Crippen LogP contribution in [0.3, 0.4) is 0 Å². The van der Waals surface area contributed by atoms with Crippen LogP contribution >= 0.6 is 12.2 Å². The molecule has 0 aliphatic carbocycles. The Kier molecular flexibility index (Phi) is 3.82. The standard InChI is InChI=1S/C7H14N2O3S2/c8-7(13)5-14(11,12)9-3-1-2-6(10)4-9/h6,10H,1-5H2,(H2,8,13). The van der Waals surface area contributed by atoms with E-state index in [-0.39, 0.29) is 17.3 Å². The van der Waals surface area contributed by atoms with Crippen LogP contribution in [0.5, 0.6) is 0 Å². The summed E-state index contributed by atoms with van der Waals surface area (Å²) in [4.78, 5) is -0.0370. The normalized spacial score (nSPS) is 24.8. The first-order valence-electron chi connectivity index (χ1n) is 4.36. The van der Waals surface area contributed by atoms with Crippen molar-refractivity contribution in [2.24, 2.45) is 5.73 Å². The number of nitrogens with zero attached hydrogens (tertiary/aromatic N) is 1. The van der Waals surface area contributed by atoms with Crippen molar-refractivity contribution in [3.8, 4) is 0 Å². The van der Waals surface area contributed by atoms with Gasteiger partial charge in [0.25, 0.3) is 0 Å². The zero-order valence-corrected chi connectivity index (χ0v) is 9.35. The van der Waals surface area contributed by atoms with Crippen molar-refractivity contribution in [2.45, 2.75) is 18.9 Å². The number of aliphatic hydroxyl groups is 1. The summed E-state index contributed by atoms with van der Waals surface area (Å²) < 4.78 is 24.4. The second-order valence-electron chi connectivity index (χ2n) is 3.38. The van der Waals surface area contributed by atoms with Crippen molar-refractivity contribution in [1.29, 1.82) is 0 Å². The Morgan fingerprint density at radius 1 is 1.64 bits per heavy atom. The van der Waals surface area contributed by atoms with Gasteiger partial charge in [0.2, 0.25) is 10.0 Å². The number of thiocarbonyl (C=S) groups is 1. The quantitative estimate of drug-likeness (QED) is 0.620. The van der Waals surface area contributed by atoms with Crippen LogP contribution in [-0.4, -0.2) is 47.8 Å². The topological polar surface area (TPSA) is 83.6 Å². The van der Waals surface area contributed by atoms with Gasteiger partial charge in [0.05, 0.1) is 11.1 Å². The fourth-order valence-electron chi connectivity index (χ4n) is 1.44. The van der Waals surface area contributed by atoms with Gasteiger partial charge >= 0.3 is 0 Å². The Morgan fingerprint density at radius 2 is 2.29 bits per heavy atom. The third-order valence-electron chi connectivity index (χ3n) is 2.08. The molecule has 0 amide bonds. The lowest BCUT2D eigenvalue weighted by atomic mass is 10.1. The molecule has 0 radical (unpaired) electrons. The zero-order chi connectivity index (χ0) is 10.8. The average molecular weight is 238 g/mol. The maximum atomic E-state index is 11.6. The summed E-state index contributed by atoms with van der Waals surface area (Å²) in [6, 6.07) is 0. The lowest BCUT2D eigenvalue weighted by molar-refractivity contribution is 0.108. The molecule has 1 aliphatic heterocycles. The smallest absolute Gasteiger partial charge is 0.220 e. The molecule has 1 aliphatic rings. The van der Waals surface area contributed by atoms with Crippen molar-refractivity contribution in [3.63, 3.8) is 0 Å². The number of aliphatic hydroxyl groups excluding tert-OH is 1. The first kappa shape index (κ1) is 11.8. The molecule has 7 heteroatoms. The van der Waals surface area contributed by atoms with Crippen LogP contribution in [0.25, 0.3) is 0 Å². The molecule has 1 rings (SSSR count). The van der Waals surface area contributed by atoms with Gasteiger partial charge in [-0.05, 0) is 12.8 Å². The molecule has 0 saturated carbocycles. The van der Waals surface area contributed by atoms with Crippen molar-refractivity contribution in [3.05, 3.63) is 0 Å². The third-order valence-corrected chi connectivity index (χ3v) is 4.20. The molecule has 1 unspecified atom stereocenters. The van der Waals surface area contributed by atoms with Crippen molar-refractivity contribution >= 4 is 27.2 Å². The summed E-state index contributed by atoms with van der Waals surface area (Å²) in [5, 5.41) is 9.31. The third kappa shape index (κ3) is 3.16. The molecule has 0 aromatic heterocycles. The minimum absolute atomic E-state index is 0.0370. The van der Waals surface area contributed by atoms with Gasteiger partial charge in [-0.3, -0.25) is 0 Å². The van der Waals surface area contributed by atoms with Crippen molar-refractivity contribution < 1.29 is 13.5 Å². The van der Waals surface area contributed by atoms with Gasteiger partial charge in [0, 0.05) is 13.1 Å². The van der Waals surface area contributed by atoms with E-state index in [4.69, 9.17) is 5.73 Å². The Balaban J connectivity index is 2.67. The second-order valence-corrected chi connectivity index (χ2v) is 5.87. The van der Waals surface area contributed by atoms with E-state index in [9.17, 15) is 13.5 Å². The van der Waals surface area contributed by atoms with Gasteiger partial charge < -0.3 is 10.8 Å². The van der Waals surface area contributed by atoms with Crippen LogP contribution in [0.4, 0.5) is 0 Å². The fraction of sp³-hybridized carbons (Fsp3) is 0.857. The predicted molar refractivity (Wildman–Crippen MR) is 57.4 cm³/mol. The van der Waals surface area contributed by atoms with Crippen molar-refractivity contribution in [1.82, 2.24) is 4.31 Å². The number of hydrogen-bond donors (Lipinski definition) is 2. The number of nitrogens with two attached hydrogens (primary N) is 1. The number of rotatable bonds is 3. The molecular formula is C7H14N2O3S2. The van der Waals surface area contributed by atoms with E-state index in [2.05, 4.69) is 12.2 Å². The molecule has 0 spiro atoms. The number of piperidine rings is 1. The van der Waals surface area contributed by atoms with Gasteiger partial charge in [-0.2, -0.15) is 4.31 Å². The number of sulfonamides is 1. The highest BCUT2D eigenvalue weighted by Crippen LogP contribution is 2.13. The lowest BCUT2D eigenvalue weighted by Crippen LogP contribution is -2.44. The maximum Gasteiger partial charge on any atom is 0.220 e. The lowest BCUT2D eigenvalue weighted by Gasteiger charge is -2.28. The van der Waals surface area contributed by atoms with Crippen LogP contribution in [-0.2, 0) is 10.0 Å². The number of β-amino-alcohol motifs (C(OH)–C–C–N with tert-alkyl or cyclic N) is 1. The SMILES string of the molecule is NC(=S)CS(=O)(=O)N1CCCC(O)C1. The van der Waals surface area contributed by atoms with Gasteiger partial charge in [0.15, 0.2) is 0 Å². The van der Waals surface area contributed by atoms with E-state index in [1.807, 2.05) is 0 Å². The van der Waals surface area contributed by atoms with E-state index in [0.29, 0.717) is 19.4 Å². The molecule has 14 heavy (non-hydrogen) atoms. The molecular weight excluding hydrogens is 224 g/mol. The summed E-state index contributed by atoms with van der Waals surface area (Å²) in [5.74, 6) is -0.310. The van der Waals surface area contributed by atoms with E-state index in [0.717, 1.165) is 0 Å². The predicted octanol–water partition coefficient (Wildman–Crippen LogP) is -0.941. The zero-order valence-electron chi connectivity index (χ0n) is 7.72. The minimum Gasteiger partial charge on any atom is -0.392 e.